The number of carbonyl (C=O) groups excluding carboxylic acids is 1. The fourth-order valence-corrected chi connectivity index (χ4v) is 4.75. The number of carboxylic acids is 1. The zero-order chi connectivity index (χ0) is 22.8. The van der Waals surface area contributed by atoms with E-state index in [0.29, 0.717) is 4.91 Å². The first-order valence-corrected chi connectivity index (χ1v) is 11.3. The summed E-state index contributed by atoms with van der Waals surface area (Å²) in [5.41, 5.74) is 6.08. The molecule has 2 heterocycles. The van der Waals surface area contributed by atoms with Crippen molar-refractivity contribution in [3.63, 3.8) is 0 Å². The summed E-state index contributed by atoms with van der Waals surface area (Å²) >= 11 is 1.46. The van der Waals surface area contributed by atoms with Gasteiger partial charge in [-0.3, -0.25) is 4.79 Å². The lowest BCUT2D eigenvalue weighted by Crippen LogP contribution is -2.30. The first-order valence-electron chi connectivity index (χ1n) is 10.4. The molecule has 1 aliphatic rings. The molecular weight excluding hydrogens is 422 g/mol. The first-order chi connectivity index (χ1) is 15.4. The molecule has 1 atom stereocenters. The second kappa shape index (κ2) is 8.96. The Bertz CT molecular complexity index is 1190. The van der Waals surface area contributed by atoms with Crippen LogP contribution in [0.5, 0.6) is 0 Å². The standard InChI is InChI=1S/C25H25N3O3S/c1-4-17-5-9-20(10-6-17)26-25-27-23(29)22(32-25)14-19-13-15(2)28(16(19)3)21-11-7-18(8-12-21)24(30)31/h5-14,25-26H,4H2,1-3H3,(H,27,29)(H,30,31)/b22-14-/t25-/m1/s1. The van der Waals surface area contributed by atoms with Crippen molar-refractivity contribution in [2.24, 2.45) is 0 Å². The van der Waals surface area contributed by atoms with Gasteiger partial charge in [0.15, 0.2) is 5.50 Å². The molecule has 6 nitrogen and oxygen atoms in total. The van der Waals surface area contributed by atoms with E-state index in [0.717, 1.165) is 34.7 Å². The number of carbonyl (C=O) groups is 2. The van der Waals surface area contributed by atoms with Crippen LogP contribution >= 0.6 is 11.8 Å². The van der Waals surface area contributed by atoms with E-state index in [1.165, 1.54) is 17.3 Å². The Morgan fingerprint density at radius 1 is 1.16 bits per heavy atom. The van der Waals surface area contributed by atoms with Crippen LogP contribution in [0.2, 0.25) is 0 Å². The maximum Gasteiger partial charge on any atom is 0.335 e. The third kappa shape index (κ3) is 4.43. The van der Waals surface area contributed by atoms with Gasteiger partial charge in [0.1, 0.15) is 0 Å². The van der Waals surface area contributed by atoms with E-state index < -0.39 is 5.97 Å². The van der Waals surface area contributed by atoms with Crippen LogP contribution in [0.25, 0.3) is 11.8 Å². The fourth-order valence-electron chi connectivity index (χ4n) is 3.78. The molecule has 0 aliphatic carbocycles. The van der Waals surface area contributed by atoms with E-state index in [1.807, 2.05) is 38.1 Å². The van der Waals surface area contributed by atoms with Gasteiger partial charge in [0.25, 0.3) is 5.91 Å². The highest BCUT2D eigenvalue weighted by Crippen LogP contribution is 2.32. The molecule has 0 unspecified atom stereocenters. The summed E-state index contributed by atoms with van der Waals surface area (Å²) in [5.74, 6) is -1.05. The predicted molar refractivity (Wildman–Crippen MR) is 129 cm³/mol. The number of amides is 1. The number of benzene rings is 2. The SMILES string of the molecule is CCc1ccc(N[C@@H]2NC(=O)/C(=C/c3cc(C)n(-c4ccc(C(=O)O)cc4)c3C)S2)cc1. The van der Waals surface area contributed by atoms with E-state index in [2.05, 4.69) is 34.3 Å². The van der Waals surface area contributed by atoms with Crippen molar-refractivity contribution in [3.8, 4) is 5.69 Å². The lowest BCUT2D eigenvalue weighted by atomic mass is 10.1. The molecular formula is C25H25N3O3S. The molecule has 1 amide bonds. The zero-order valence-electron chi connectivity index (χ0n) is 18.2. The van der Waals surface area contributed by atoms with Crippen LogP contribution in [0.3, 0.4) is 0 Å². The van der Waals surface area contributed by atoms with E-state index in [9.17, 15) is 9.59 Å². The van der Waals surface area contributed by atoms with Gasteiger partial charge in [0, 0.05) is 22.8 Å². The summed E-state index contributed by atoms with van der Waals surface area (Å²) in [6.07, 6.45) is 2.90. The number of aryl methyl sites for hydroxylation is 2. The largest absolute Gasteiger partial charge is 0.478 e. The Balaban J connectivity index is 1.54. The summed E-state index contributed by atoms with van der Waals surface area (Å²) in [7, 11) is 0. The van der Waals surface area contributed by atoms with E-state index in [-0.39, 0.29) is 17.0 Å². The van der Waals surface area contributed by atoms with E-state index in [1.54, 1.807) is 24.3 Å². The second-order valence-electron chi connectivity index (χ2n) is 7.69. The van der Waals surface area contributed by atoms with Crippen LogP contribution in [0, 0.1) is 13.8 Å². The summed E-state index contributed by atoms with van der Waals surface area (Å²) < 4.78 is 2.06. The second-order valence-corrected chi connectivity index (χ2v) is 8.84. The van der Waals surface area contributed by atoms with Crippen LogP contribution in [0.1, 0.15) is 39.8 Å². The van der Waals surface area contributed by atoms with Crippen LogP contribution in [-0.4, -0.2) is 27.0 Å². The quantitative estimate of drug-likeness (QED) is 0.466. The number of hydrogen-bond donors (Lipinski definition) is 3. The molecule has 3 N–H and O–H groups in total. The molecule has 1 aliphatic heterocycles. The van der Waals surface area contributed by atoms with E-state index in [4.69, 9.17) is 5.11 Å². The Hall–Kier alpha value is -3.45. The van der Waals surface area contributed by atoms with Gasteiger partial charge in [-0.1, -0.05) is 30.8 Å². The van der Waals surface area contributed by atoms with Crippen molar-refractivity contribution in [3.05, 3.63) is 87.6 Å². The summed E-state index contributed by atoms with van der Waals surface area (Å²) in [6.45, 7) is 6.11. The van der Waals surface area contributed by atoms with Crippen LogP contribution in [0.4, 0.5) is 5.69 Å². The molecule has 7 heteroatoms. The summed E-state index contributed by atoms with van der Waals surface area (Å²) in [5, 5.41) is 15.4. The average molecular weight is 448 g/mol. The summed E-state index contributed by atoms with van der Waals surface area (Å²) in [6, 6.07) is 17.0. The highest BCUT2D eigenvalue weighted by atomic mass is 32.2. The number of anilines is 1. The van der Waals surface area contributed by atoms with Crippen molar-refractivity contribution in [1.82, 2.24) is 9.88 Å². The average Bonchev–Trinajstić information content (AvgIpc) is 3.26. The minimum atomic E-state index is -0.948. The van der Waals surface area contributed by atoms with Gasteiger partial charge in [0.2, 0.25) is 0 Å². The molecule has 1 fully saturated rings. The first kappa shape index (κ1) is 21.8. The van der Waals surface area contributed by atoms with Crippen molar-refractivity contribution in [2.45, 2.75) is 32.7 Å². The molecule has 4 rings (SSSR count). The topological polar surface area (TPSA) is 83.4 Å². The van der Waals surface area contributed by atoms with Gasteiger partial charge in [-0.2, -0.15) is 0 Å². The smallest absolute Gasteiger partial charge is 0.335 e. The highest BCUT2D eigenvalue weighted by molar-refractivity contribution is 8.05. The maximum atomic E-state index is 12.6. The van der Waals surface area contributed by atoms with Crippen LogP contribution in [0.15, 0.2) is 59.5 Å². The van der Waals surface area contributed by atoms with Gasteiger partial charge >= 0.3 is 5.97 Å². The number of aromatic nitrogens is 1. The number of nitrogens with one attached hydrogen (secondary N) is 2. The van der Waals surface area contributed by atoms with Crippen molar-refractivity contribution in [2.75, 3.05) is 5.32 Å². The minimum Gasteiger partial charge on any atom is -0.478 e. The number of carboxylic acid groups (broad SMARTS) is 1. The molecule has 0 saturated carbocycles. The molecule has 32 heavy (non-hydrogen) atoms. The molecule has 164 valence electrons. The number of aromatic carboxylic acids is 1. The third-order valence-corrected chi connectivity index (χ3v) is 6.55. The van der Waals surface area contributed by atoms with Gasteiger partial charge in [-0.15, -0.1) is 0 Å². The van der Waals surface area contributed by atoms with Gasteiger partial charge in [0.05, 0.1) is 10.5 Å². The zero-order valence-corrected chi connectivity index (χ0v) is 19.0. The lowest BCUT2D eigenvalue weighted by molar-refractivity contribution is -0.116. The number of thioether (sulfide) groups is 1. The summed E-state index contributed by atoms with van der Waals surface area (Å²) in [4.78, 5) is 24.3. The van der Waals surface area contributed by atoms with E-state index >= 15 is 0 Å². The fraction of sp³-hybridized carbons (Fsp3) is 0.200. The van der Waals surface area contributed by atoms with Gasteiger partial charge in [-0.05, 0) is 79.9 Å². The Morgan fingerprint density at radius 2 is 1.84 bits per heavy atom. The molecule has 0 radical (unpaired) electrons. The normalized spacial score (nSPS) is 16.9. The molecule has 0 bridgehead atoms. The molecule has 1 aromatic heterocycles. The monoisotopic (exact) mass is 447 g/mol. The Morgan fingerprint density at radius 3 is 2.47 bits per heavy atom. The Kier molecular flexibility index (Phi) is 6.10. The number of nitrogens with zero attached hydrogens (tertiary/aromatic N) is 1. The van der Waals surface area contributed by atoms with Gasteiger partial charge < -0.3 is 20.3 Å². The molecule has 3 aromatic rings. The minimum absolute atomic E-state index is 0.103. The highest BCUT2D eigenvalue weighted by Gasteiger charge is 2.27. The van der Waals surface area contributed by atoms with Crippen molar-refractivity contribution >= 4 is 35.4 Å². The van der Waals surface area contributed by atoms with Crippen LogP contribution < -0.4 is 10.6 Å². The van der Waals surface area contributed by atoms with Gasteiger partial charge in [-0.25, -0.2) is 4.79 Å². The van der Waals surface area contributed by atoms with Crippen molar-refractivity contribution in [1.29, 1.82) is 0 Å². The Labute approximate surface area is 191 Å². The lowest BCUT2D eigenvalue weighted by Gasteiger charge is -2.12. The molecule has 2 aromatic carbocycles. The number of rotatable bonds is 6. The third-order valence-electron chi connectivity index (χ3n) is 5.52. The molecule has 0 spiro atoms. The number of hydrogen-bond acceptors (Lipinski definition) is 4. The molecule has 1 saturated heterocycles. The van der Waals surface area contributed by atoms with Crippen molar-refractivity contribution < 1.29 is 14.7 Å². The maximum absolute atomic E-state index is 12.6. The predicted octanol–water partition coefficient (Wildman–Crippen LogP) is 4.95. The van der Waals surface area contributed by atoms with Crippen LogP contribution in [-0.2, 0) is 11.2 Å².